The Kier molecular flexibility index (Phi) is 2.94. The van der Waals surface area contributed by atoms with Crippen molar-refractivity contribution in [3.05, 3.63) is 35.9 Å². The number of halogens is 3. The van der Waals surface area contributed by atoms with E-state index < -0.39 is 18.1 Å². The summed E-state index contributed by atoms with van der Waals surface area (Å²) >= 11 is 0. The molecule has 1 aromatic carbocycles. The number of likely N-dealkylation sites (N-methyl/N-ethyl adjacent to an activating group) is 1. The number of urea groups is 1. The third-order valence-electron chi connectivity index (χ3n) is 2.84. The van der Waals surface area contributed by atoms with Gasteiger partial charge < -0.3 is 5.32 Å². The van der Waals surface area contributed by atoms with Crippen LogP contribution in [-0.4, -0.2) is 30.9 Å². The van der Waals surface area contributed by atoms with E-state index in [0.29, 0.717) is 0 Å². The van der Waals surface area contributed by atoms with Crippen molar-refractivity contribution in [2.24, 2.45) is 0 Å². The molecule has 0 bridgehead atoms. The third kappa shape index (κ3) is 2.13. The highest BCUT2D eigenvalue weighted by atomic mass is 19.4. The predicted octanol–water partition coefficient (Wildman–Crippen LogP) is 2.03. The van der Waals surface area contributed by atoms with E-state index in [9.17, 15) is 18.0 Å². The zero-order valence-corrected chi connectivity index (χ0v) is 9.49. The van der Waals surface area contributed by atoms with Crippen molar-refractivity contribution in [3.63, 3.8) is 0 Å². The lowest BCUT2D eigenvalue weighted by atomic mass is 10.0. The van der Waals surface area contributed by atoms with Gasteiger partial charge in [-0.05, 0) is 0 Å². The number of benzene rings is 1. The van der Waals surface area contributed by atoms with Gasteiger partial charge in [0.25, 0.3) is 0 Å². The Hall–Kier alpha value is -1.76. The van der Waals surface area contributed by atoms with Crippen LogP contribution >= 0.6 is 0 Å². The van der Waals surface area contributed by atoms with E-state index >= 15 is 0 Å². The fourth-order valence-electron chi connectivity index (χ4n) is 1.95. The lowest BCUT2D eigenvalue weighted by Crippen LogP contribution is -2.47. The number of rotatable bonds is 2. The molecule has 0 saturated carbocycles. The minimum atomic E-state index is -4.84. The molecule has 1 heterocycles. The summed E-state index contributed by atoms with van der Waals surface area (Å²) in [5.41, 5.74) is -1.58. The van der Waals surface area contributed by atoms with Gasteiger partial charge in [-0.25, -0.2) is 4.79 Å². The van der Waals surface area contributed by atoms with Crippen molar-refractivity contribution in [2.45, 2.75) is 12.1 Å². The zero-order chi connectivity index (χ0) is 13.4. The van der Waals surface area contributed by atoms with E-state index in [1.165, 1.54) is 19.2 Å². The molecule has 98 valence electrons. The fraction of sp³-hybridized carbons (Fsp3) is 0.364. The number of ether oxygens (including phenoxy) is 1. The maximum absolute atomic E-state index is 12.6. The van der Waals surface area contributed by atoms with Crippen molar-refractivity contribution in [2.75, 3.05) is 13.6 Å². The molecule has 1 aliphatic heterocycles. The first-order valence-electron chi connectivity index (χ1n) is 5.19. The summed E-state index contributed by atoms with van der Waals surface area (Å²) in [6.45, 7) is -0.258. The Morgan fingerprint density at radius 2 is 1.94 bits per heavy atom. The van der Waals surface area contributed by atoms with Crippen LogP contribution in [0.1, 0.15) is 5.56 Å². The highest BCUT2D eigenvalue weighted by Gasteiger charge is 2.52. The van der Waals surface area contributed by atoms with Gasteiger partial charge in [-0.2, -0.15) is 0 Å². The van der Waals surface area contributed by atoms with Crippen molar-refractivity contribution in [1.29, 1.82) is 0 Å². The SMILES string of the molecule is CN1C(=O)NCC1(OC(F)(F)F)c1ccccc1. The Labute approximate surface area is 101 Å². The molecule has 1 unspecified atom stereocenters. The average molecular weight is 260 g/mol. The number of carbonyl (C=O) groups excluding carboxylic acids is 1. The van der Waals surface area contributed by atoms with E-state index in [1.54, 1.807) is 18.2 Å². The van der Waals surface area contributed by atoms with E-state index in [1.807, 2.05) is 0 Å². The maximum Gasteiger partial charge on any atom is 0.524 e. The number of nitrogens with zero attached hydrogens (tertiary/aromatic N) is 1. The van der Waals surface area contributed by atoms with Gasteiger partial charge >= 0.3 is 12.4 Å². The van der Waals surface area contributed by atoms with Crippen LogP contribution in [-0.2, 0) is 10.5 Å². The first-order chi connectivity index (χ1) is 8.35. The third-order valence-corrected chi connectivity index (χ3v) is 2.84. The van der Waals surface area contributed by atoms with Crippen LogP contribution in [0.15, 0.2) is 30.3 Å². The Morgan fingerprint density at radius 1 is 1.33 bits per heavy atom. The van der Waals surface area contributed by atoms with Gasteiger partial charge in [0.1, 0.15) is 0 Å². The molecular weight excluding hydrogens is 249 g/mol. The maximum atomic E-state index is 12.6. The van der Waals surface area contributed by atoms with Crippen LogP contribution < -0.4 is 5.32 Å². The minimum absolute atomic E-state index is 0.258. The van der Waals surface area contributed by atoms with Crippen LogP contribution in [0.25, 0.3) is 0 Å². The number of hydrogen-bond donors (Lipinski definition) is 1. The molecule has 1 atom stereocenters. The second-order valence-electron chi connectivity index (χ2n) is 3.92. The minimum Gasteiger partial charge on any atom is -0.333 e. The normalized spacial score (nSPS) is 24.2. The second kappa shape index (κ2) is 4.16. The summed E-state index contributed by atoms with van der Waals surface area (Å²) in [7, 11) is 1.26. The van der Waals surface area contributed by atoms with Gasteiger partial charge in [0, 0.05) is 12.6 Å². The predicted molar refractivity (Wildman–Crippen MR) is 56.4 cm³/mol. The number of hydrogen-bond acceptors (Lipinski definition) is 2. The quantitative estimate of drug-likeness (QED) is 0.884. The monoisotopic (exact) mass is 260 g/mol. The molecule has 18 heavy (non-hydrogen) atoms. The molecule has 4 nitrogen and oxygen atoms in total. The molecule has 0 spiro atoms. The van der Waals surface area contributed by atoms with Crippen LogP contribution in [0, 0.1) is 0 Å². The van der Waals surface area contributed by atoms with Crippen LogP contribution in [0.2, 0.25) is 0 Å². The van der Waals surface area contributed by atoms with Gasteiger partial charge in [-0.3, -0.25) is 9.64 Å². The summed E-state index contributed by atoms with van der Waals surface area (Å²) < 4.78 is 41.8. The molecule has 1 N–H and O–H groups in total. The van der Waals surface area contributed by atoms with Crippen LogP contribution in [0.3, 0.4) is 0 Å². The lowest BCUT2D eigenvalue weighted by Gasteiger charge is -2.35. The lowest BCUT2D eigenvalue weighted by molar-refractivity contribution is -0.385. The fourth-order valence-corrected chi connectivity index (χ4v) is 1.95. The first-order valence-corrected chi connectivity index (χ1v) is 5.19. The van der Waals surface area contributed by atoms with Gasteiger partial charge in [0.05, 0.1) is 6.54 Å². The summed E-state index contributed by atoms with van der Waals surface area (Å²) in [6, 6.07) is 7.23. The number of nitrogens with one attached hydrogen (secondary N) is 1. The largest absolute Gasteiger partial charge is 0.524 e. The van der Waals surface area contributed by atoms with Gasteiger partial charge in [0.2, 0.25) is 0 Å². The zero-order valence-electron chi connectivity index (χ0n) is 9.49. The molecule has 0 radical (unpaired) electrons. The van der Waals surface area contributed by atoms with Crippen molar-refractivity contribution in [1.82, 2.24) is 10.2 Å². The van der Waals surface area contributed by atoms with Crippen molar-refractivity contribution in [3.8, 4) is 0 Å². The van der Waals surface area contributed by atoms with Crippen LogP contribution in [0.4, 0.5) is 18.0 Å². The molecular formula is C11H11F3N2O2. The van der Waals surface area contributed by atoms with Gasteiger partial charge in [-0.1, -0.05) is 30.3 Å². The van der Waals surface area contributed by atoms with Crippen molar-refractivity contribution >= 4 is 6.03 Å². The smallest absolute Gasteiger partial charge is 0.333 e. The molecule has 1 aromatic rings. The topological polar surface area (TPSA) is 41.6 Å². The standard InChI is InChI=1S/C11H11F3N2O2/c1-16-9(17)15-7-10(16,18-11(12,13)14)8-5-3-2-4-6-8/h2-6H,7H2,1H3,(H,15,17). The highest BCUT2D eigenvalue weighted by molar-refractivity contribution is 5.77. The Bertz CT molecular complexity index is 449. The summed E-state index contributed by atoms with van der Waals surface area (Å²) in [4.78, 5) is 12.3. The summed E-state index contributed by atoms with van der Waals surface area (Å²) in [5, 5.41) is 2.34. The highest BCUT2D eigenvalue weighted by Crippen LogP contribution is 2.37. The molecule has 2 rings (SSSR count). The number of amides is 2. The molecule has 1 aliphatic rings. The Balaban J connectivity index is 2.45. The van der Waals surface area contributed by atoms with Crippen LogP contribution in [0.5, 0.6) is 0 Å². The summed E-state index contributed by atoms with van der Waals surface area (Å²) in [6.07, 6.45) is -4.84. The van der Waals surface area contributed by atoms with Crippen molar-refractivity contribution < 1.29 is 22.7 Å². The van der Waals surface area contributed by atoms with Gasteiger partial charge in [0.15, 0.2) is 5.72 Å². The van der Waals surface area contributed by atoms with E-state index in [2.05, 4.69) is 10.1 Å². The molecule has 1 saturated heterocycles. The second-order valence-corrected chi connectivity index (χ2v) is 3.92. The van der Waals surface area contributed by atoms with E-state index in [-0.39, 0.29) is 12.1 Å². The van der Waals surface area contributed by atoms with E-state index in [0.717, 1.165) is 4.90 Å². The molecule has 2 amide bonds. The molecule has 0 aromatic heterocycles. The average Bonchev–Trinajstić information content (AvgIpc) is 2.58. The molecule has 7 heteroatoms. The number of alkyl halides is 3. The number of carbonyl (C=O) groups is 1. The summed E-state index contributed by atoms with van der Waals surface area (Å²) in [5.74, 6) is 0. The molecule has 1 fully saturated rings. The Morgan fingerprint density at radius 3 is 2.39 bits per heavy atom. The van der Waals surface area contributed by atoms with Gasteiger partial charge in [-0.15, -0.1) is 13.2 Å². The first kappa shape index (κ1) is 12.7. The van der Waals surface area contributed by atoms with E-state index in [4.69, 9.17) is 0 Å². The molecule has 0 aliphatic carbocycles.